The molecule has 37 heavy (non-hydrogen) atoms. The average Bonchev–Trinajstić information content (AvgIpc) is 3.09. The highest BCUT2D eigenvalue weighted by Crippen LogP contribution is 2.34. The molecule has 5 amide bonds. The fourth-order valence-electron chi connectivity index (χ4n) is 4.53. The number of benzene rings is 1. The lowest BCUT2D eigenvalue weighted by atomic mass is 10.1. The van der Waals surface area contributed by atoms with Gasteiger partial charge in [-0.3, -0.25) is 24.6 Å². The van der Waals surface area contributed by atoms with Crippen LogP contribution in [0.1, 0.15) is 38.3 Å². The van der Waals surface area contributed by atoms with Gasteiger partial charge in [0.1, 0.15) is 5.82 Å². The molecule has 194 valence electrons. The minimum absolute atomic E-state index is 0.0242. The lowest BCUT2D eigenvalue weighted by molar-refractivity contribution is -0.137. The van der Waals surface area contributed by atoms with Crippen LogP contribution >= 0.6 is 11.6 Å². The maximum absolute atomic E-state index is 13.0. The van der Waals surface area contributed by atoms with Gasteiger partial charge in [-0.1, -0.05) is 17.7 Å². The largest absolute Gasteiger partial charge is 0.417 e. The van der Waals surface area contributed by atoms with Crippen molar-refractivity contribution in [3.8, 4) is 0 Å². The molecule has 3 aliphatic heterocycles. The number of hydrogen-bond acceptors (Lipinski definition) is 7. The second kappa shape index (κ2) is 9.30. The quantitative estimate of drug-likeness (QED) is 0.599. The van der Waals surface area contributed by atoms with E-state index in [1.165, 1.54) is 0 Å². The summed E-state index contributed by atoms with van der Waals surface area (Å²) in [6.07, 6.45) is -3.78. The third-order valence-corrected chi connectivity index (χ3v) is 6.71. The van der Waals surface area contributed by atoms with Crippen molar-refractivity contribution in [1.29, 1.82) is 0 Å². The van der Waals surface area contributed by atoms with Crippen LogP contribution in [0.15, 0.2) is 30.5 Å². The number of piperazine rings is 1. The van der Waals surface area contributed by atoms with Crippen LogP contribution in [0.25, 0.3) is 0 Å². The van der Waals surface area contributed by atoms with E-state index in [0.29, 0.717) is 38.5 Å². The predicted octanol–water partition coefficient (Wildman–Crippen LogP) is 2.53. The molecule has 14 heteroatoms. The van der Waals surface area contributed by atoms with Gasteiger partial charge in [-0.05, 0) is 23.8 Å². The van der Waals surface area contributed by atoms with Crippen LogP contribution in [-0.4, -0.2) is 76.4 Å². The summed E-state index contributed by atoms with van der Waals surface area (Å²) in [4.78, 5) is 57.2. The summed E-state index contributed by atoms with van der Waals surface area (Å²) in [6, 6.07) is 4.93. The van der Waals surface area contributed by atoms with Gasteiger partial charge in [-0.25, -0.2) is 14.8 Å². The van der Waals surface area contributed by atoms with Crippen LogP contribution < -0.4 is 10.2 Å². The van der Waals surface area contributed by atoms with E-state index in [0.717, 1.165) is 27.8 Å². The molecule has 4 heterocycles. The first kappa shape index (κ1) is 25.0. The summed E-state index contributed by atoms with van der Waals surface area (Å²) >= 11 is 6.07. The van der Waals surface area contributed by atoms with Crippen molar-refractivity contribution < 1.29 is 32.3 Å². The Kier molecular flexibility index (Phi) is 6.28. The molecule has 1 aromatic carbocycles. The molecule has 0 unspecified atom stereocenters. The van der Waals surface area contributed by atoms with Crippen molar-refractivity contribution in [2.75, 3.05) is 37.6 Å². The molecular weight excluding hydrogens is 517 g/mol. The van der Waals surface area contributed by atoms with Gasteiger partial charge >= 0.3 is 12.2 Å². The molecule has 5 rings (SSSR count). The number of amides is 5. The van der Waals surface area contributed by atoms with E-state index in [2.05, 4.69) is 15.2 Å². The van der Waals surface area contributed by atoms with E-state index in [-0.39, 0.29) is 29.1 Å². The minimum atomic E-state index is -4.52. The highest BCUT2D eigenvalue weighted by molar-refractivity contribution is 6.33. The van der Waals surface area contributed by atoms with Crippen LogP contribution in [0.5, 0.6) is 0 Å². The number of halogens is 4. The number of nitrogens with one attached hydrogen (secondary N) is 1. The van der Waals surface area contributed by atoms with Gasteiger partial charge in [0.25, 0.3) is 11.8 Å². The summed E-state index contributed by atoms with van der Waals surface area (Å²) in [5, 5.41) is 3.72. The maximum atomic E-state index is 13.0. The zero-order chi connectivity index (χ0) is 26.5. The standard InChI is InChI=1S/C23H20ClF3N6O4/c24-17-10-14(23(25,26)27)11-28-19(17)31-7-5-30(6-8-31)12-13-1-2-15-16(9-13)21(36)33(20(15)35)32-4-3-18(34)29-22(32)37/h1-2,9-11H,3-8,12H2,(H,29,34,37). The molecule has 0 spiro atoms. The third-order valence-electron chi connectivity index (χ3n) is 6.43. The third kappa shape index (κ3) is 4.71. The number of pyridine rings is 1. The Balaban J connectivity index is 1.23. The van der Waals surface area contributed by atoms with Gasteiger partial charge in [0.2, 0.25) is 5.91 Å². The van der Waals surface area contributed by atoms with E-state index in [9.17, 15) is 32.3 Å². The SMILES string of the molecule is O=C1CCN(N2C(=O)c3ccc(CN4CCN(c5ncc(C(F)(F)F)cc5Cl)CC4)cc3C2=O)C(=O)N1. The van der Waals surface area contributed by atoms with Crippen molar-refractivity contribution >= 4 is 41.2 Å². The molecule has 2 fully saturated rings. The molecule has 0 radical (unpaired) electrons. The van der Waals surface area contributed by atoms with Crippen LogP contribution in [-0.2, 0) is 17.5 Å². The minimum Gasteiger partial charge on any atom is -0.353 e. The van der Waals surface area contributed by atoms with Crippen molar-refractivity contribution in [3.63, 3.8) is 0 Å². The Morgan fingerprint density at radius 2 is 1.65 bits per heavy atom. The van der Waals surface area contributed by atoms with Gasteiger partial charge < -0.3 is 4.90 Å². The number of anilines is 1. The van der Waals surface area contributed by atoms with Crippen LogP contribution in [0.3, 0.4) is 0 Å². The second-order valence-electron chi connectivity index (χ2n) is 8.82. The highest BCUT2D eigenvalue weighted by Gasteiger charge is 2.43. The van der Waals surface area contributed by atoms with Gasteiger partial charge in [-0.15, -0.1) is 0 Å². The fourth-order valence-corrected chi connectivity index (χ4v) is 4.82. The number of hydrazine groups is 1. The molecule has 2 aromatic rings. The van der Waals surface area contributed by atoms with E-state index < -0.39 is 35.5 Å². The van der Waals surface area contributed by atoms with Crippen molar-refractivity contribution in [2.24, 2.45) is 0 Å². The van der Waals surface area contributed by atoms with Crippen LogP contribution in [0.2, 0.25) is 5.02 Å². The van der Waals surface area contributed by atoms with Crippen LogP contribution in [0, 0.1) is 0 Å². The summed E-state index contributed by atoms with van der Waals surface area (Å²) in [7, 11) is 0. The normalized spacial score (nSPS) is 19.0. The number of hydrogen-bond donors (Lipinski definition) is 1. The Labute approximate surface area is 213 Å². The molecule has 0 bridgehead atoms. The predicted molar refractivity (Wildman–Crippen MR) is 124 cm³/mol. The average molecular weight is 537 g/mol. The number of imide groups is 2. The maximum Gasteiger partial charge on any atom is 0.417 e. The second-order valence-corrected chi connectivity index (χ2v) is 9.23. The number of fused-ring (bicyclic) bond motifs is 1. The number of aromatic nitrogens is 1. The first-order valence-corrected chi connectivity index (χ1v) is 11.7. The molecule has 2 saturated heterocycles. The smallest absolute Gasteiger partial charge is 0.353 e. The summed E-state index contributed by atoms with van der Waals surface area (Å²) in [5.41, 5.74) is 0.217. The van der Waals surface area contributed by atoms with Crippen molar-refractivity contribution in [2.45, 2.75) is 19.1 Å². The van der Waals surface area contributed by atoms with E-state index in [1.807, 2.05) is 4.90 Å². The van der Waals surface area contributed by atoms with Gasteiger partial charge in [0.05, 0.1) is 28.3 Å². The Bertz CT molecular complexity index is 1310. The number of rotatable bonds is 4. The molecule has 1 aromatic heterocycles. The topological polar surface area (TPSA) is 106 Å². The Morgan fingerprint density at radius 3 is 2.30 bits per heavy atom. The van der Waals surface area contributed by atoms with Gasteiger partial charge in [0.15, 0.2) is 0 Å². The van der Waals surface area contributed by atoms with E-state index >= 15 is 0 Å². The zero-order valence-corrected chi connectivity index (χ0v) is 20.0. The molecule has 0 aliphatic carbocycles. The lowest BCUT2D eigenvalue weighted by Crippen LogP contribution is -2.58. The summed E-state index contributed by atoms with van der Waals surface area (Å²) < 4.78 is 38.6. The fraction of sp³-hybridized carbons (Fsp3) is 0.348. The summed E-state index contributed by atoms with van der Waals surface area (Å²) in [5.74, 6) is -1.46. The highest BCUT2D eigenvalue weighted by atomic mass is 35.5. The first-order chi connectivity index (χ1) is 17.5. The molecule has 0 atom stereocenters. The number of carbonyl (C=O) groups is 4. The molecular formula is C23H20ClF3N6O4. The first-order valence-electron chi connectivity index (χ1n) is 11.4. The number of nitrogens with zero attached hydrogens (tertiary/aromatic N) is 5. The Hall–Kier alpha value is -3.71. The van der Waals surface area contributed by atoms with Crippen LogP contribution in [0.4, 0.5) is 23.8 Å². The number of carbonyl (C=O) groups excluding carboxylic acids is 4. The molecule has 1 N–H and O–H groups in total. The lowest BCUT2D eigenvalue weighted by Gasteiger charge is -2.35. The van der Waals surface area contributed by atoms with Crippen molar-refractivity contribution in [3.05, 3.63) is 57.7 Å². The van der Waals surface area contributed by atoms with Crippen molar-refractivity contribution in [1.82, 2.24) is 25.2 Å². The molecule has 10 nitrogen and oxygen atoms in total. The summed E-state index contributed by atoms with van der Waals surface area (Å²) in [6.45, 7) is 2.49. The Morgan fingerprint density at radius 1 is 0.946 bits per heavy atom. The number of urea groups is 1. The molecule has 0 saturated carbocycles. The number of alkyl halides is 3. The monoisotopic (exact) mass is 536 g/mol. The zero-order valence-electron chi connectivity index (χ0n) is 19.2. The van der Waals surface area contributed by atoms with E-state index in [1.54, 1.807) is 18.2 Å². The van der Waals surface area contributed by atoms with Gasteiger partial charge in [-0.2, -0.15) is 18.2 Å². The van der Waals surface area contributed by atoms with E-state index in [4.69, 9.17) is 11.6 Å². The molecule has 3 aliphatic rings. The van der Waals surface area contributed by atoms with Gasteiger partial charge in [0, 0.05) is 45.3 Å².